The lowest BCUT2D eigenvalue weighted by Crippen LogP contribution is -2.27. The van der Waals surface area contributed by atoms with Crippen molar-refractivity contribution in [3.63, 3.8) is 0 Å². The number of nitrogens with one attached hydrogen (secondary N) is 1. The second kappa shape index (κ2) is 8.07. The molecule has 2 unspecified atom stereocenters. The SMILES string of the molecule is C[C@H]1COc2c(C3CCC(CNCCC#N)C3)c(F)cc3c(=O)c(C(=O)O)cn1c23. The molecule has 0 bridgehead atoms. The van der Waals surface area contributed by atoms with E-state index in [0.29, 0.717) is 35.7 Å². The Bertz CT molecular complexity index is 1100. The van der Waals surface area contributed by atoms with Gasteiger partial charge in [-0.2, -0.15) is 5.26 Å². The van der Waals surface area contributed by atoms with Crippen LogP contribution in [0.4, 0.5) is 4.39 Å². The van der Waals surface area contributed by atoms with Crippen molar-refractivity contribution in [2.45, 2.75) is 44.6 Å². The number of nitriles is 1. The second-order valence-electron chi connectivity index (χ2n) is 8.23. The molecule has 1 aromatic carbocycles. The van der Waals surface area contributed by atoms with Crippen molar-refractivity contribution >= 4 is 16.9 Å². The van der Waals surface area contributed by atoms with Crippen molar-refractivity contribution < 1.29 is 19.0 Å². The number of rotatable bonds is 6. The Morgan fingerprint density at radius 1 is 1.47 bits per heavy atom. The van der Waals surface area contributed by atoms with Gasteiger partial charge in [0.15, 0.2) is 0 Å². The fourth-order valence-electron chi connectivity index (χ4n) is 4.75. The summed E-state index contributed by atoms with van der Waals surface area (Å²) in [6, 6.07) is 3.12. The highest BCUT2D eigenvalue weighted by Gasteiger charge is 2.34. The Morgan fingerprint density at radius 2 is 2.27 bits per heavy atom. The van der Waals surface area contributed by atoms with E-state index in [4.69, 9.17) is 10.00 Å². The summed E-state index contributed by atoms with van der Waals surface area (Å²) in [7, 11) is 0. The van der Waals surface area contributed by atoms with Crippen LogP contribution in [0.3, 0.4) is 0 Å². The molecule has 0 saturated heterocycles. The minimum atomic E-state index is -1.32. The summed E-state index contributed by atoms with van der Waals surface area (Å²) in [6.07, 6.45) is 4.37. The number of pyridine rings is 1. The van der Waals surface area contributed by atoms with Crippen LogP contribution in [0.15, 0.2) is 17.1 Å². The topological polar surface area (TPSA) is 104 Å². The molecular weight excluding hydrogens is 389 g/mol. The largest absolute Gasteiger partial charge is 0.489 e. The number of ether oxygens (including phenoxy) is 1. The van der Waals surface area contributed by atoms with E-state index < -0.39 is 17.2 Å². The van der Waals surface area contributed by atoms with Gasteiger partial charge in [0.25, 0.3) is 0 Å². The molecule has 2 N–H and O–H groups in total. The van der Waals surface area contributed by atoms with Crippen molar-refractivity contribution in [3.05, 3.63) is 39.4 Å². The summed E-state index contributed by atoms with van der Waals surface area (Å²) in [6.45, 7) is 3.59. The van der Waals surface area contributed by atoms with Crippen LogP contribution in [0, 0.1) is 23.1 Å². The molecule has 2 aliphatic rings. The number of aromatic nitrogens is 1. The summed E-state index contributed by atoms with van der Waals surface area (Å²) in [4.78, 5) is 24.2. The van der Waals surface area contributed by atoms with Crippen molar-refractivity contribution in [2.24, 2.45) is 5.92 Å². The van der Waals surface area contributed by atoms with Crippen LogP contribution in [-0.4, -0.2) is 35.3 Å². The van der Waals surface area contributed by atoms with Crippen LogP contribution in [-0.2, 0) is 0 Å². The number of hydrogen-bond donors (Lipinski definition) is 2. The number of carboxylic acid groups (broad SMARTS) is 1. The lowest BCUT2D eigenvalue weighted by molar-refractivity contribution is 0.0694. The van der Waals surface area contributed by atoms with Gasteiger partial charge in [0.2, 0.25) is 5.43 Å². The van der Waals surface area contributed by atoms with Crippen molar-refractivity contribution in [1.29, 1.82) is 5.26 Å². The molecule has 7 nitrogen and oxygen atoms in total. The van der Waals surface area contributed by atoms with Gasteiger partial charge in [0, 0.05) is 24.7 Å². The maximum Gasteiger partial charge on any atom is 0.341 e. The highest BCUT2D eigenvalue weighted by Crippen LogP contribution is 2.46. The lowest BCUT2D eigenvalue weighted by Gasteiger charge is -2.30. The third-order valence-electron chi connectivity index (χ3n) is 6.23. The van der Waals surface area contributed by atoms with Crippen molar-refractivity contribution in [2.75, 3.05) is 19.7 Å². The first-order valence-electron chi connectivity index (χ1n) is 10.3. The maximum absolute atomic E-state index is 15.2. The van der Waals surface area contributed by atoms with Gasteiger partial charge < -0.3 is 19.7 Å². The molecule has 0 spiro atoms. The molecule has 1 fully saturated rings. The number of carbonyl (C=O) groups is 1. The van der Waals surface area contributed by atoms with Gasteiger partial charge in [0.1, 0.15) is 23.7 Å². The molecule has 3 atom stereocenters. The van der Waals surface area contributed by atoms with E-state index in [1.807, 2.05) is 6.92 Å². The number of benzene rings is 1. The minimum absolute atomic E-state index is 0.0247. The minimum Gasteiger partial charge on any atom is -0.489 e. The molecule has 2 aromatic rings. The molecule has 1 saturated carbocycles. The van der Waals surface area contributed by atoms with Crippen LogP contribution in [0.1, 0.15) is 60.5 Å². The van der Waals surface area contributed by atoms with Crippen LogP contribution < -0.4 is 15.5 Å². The standard InChI is InChI=1S/C22H24FN3O4/c1-12-11-30-21-18(14-4-3-13(7-14)9-25-6-2-5-24)17(23)8-15-19(21)26(12)10-16(20(15)27)22(28)29/h8,10,12-14,25H,2-4,6-7,9,11H2,1H3,(H,28,29)/t12-,13?,14?/m0/s1. The first-order valence-corrected chi connectivity index (χ1v) is 10.3. The quantitative estimate of drug-likeness (QED) is 0.705. The fraction of sp³-hybridized carbons (Fsp3) is 0.500. The Morgan fingerprint density at radius 3 is 3.00 bits per heavy atom. The first kappa shape index (κ1) is 20.4. The van der Waals surface area contributed by atoms with E-state index in [1.165, 1.54) is 12.3 Å². The highest BCUT2D eigenvalue weighted by molar-refractivity contribution is 5.95. The van der Waals surface area contributed by atoms with Crippen molar-refractivity contribution in [3.8, 4) is 11.8 Å². The zero-order valence-corrected chi connectivity index (χ0v) is 16.8. The molecule has 0 radical (unpaired) electrons. The van der Waals surface area contributed by atoms with E-state index >= 15 is 4.39 Å². The molecular formula is C22H24FN3O4. The Hall–Kier alpha value is -2.92. The molecule has 0 amide bonds. The molecule has 1 aromatic heterocycles. The number of nitrogens with zero attached hydrogens (tertiary/aromatic N) is 2. The van der Waals surface area contributed by atoms with Gasteiger partial charge in [-0.1, -0.05) is 0 Å². The number of hydrogen-bond acceptors (Lipinski definition) is 5. The Kier molecular flexibility index (Phi) is 5.48. The van der Waals surface area contributed by atoms with Gasteiger partial charge in [-0.3, -0.25) is 4.79 Å². The molecule has 1 aliphatic carbocycles. The molecule has 8 heteroatoms. The zero-order valence-electron chi connectivity index (χ0n) is 16.8. The summed E-state index contributed by atoms with van der Waals surface area (Å²) in [5, 5.41) is 21.3. The van der Waals surface area contributed by atoms with Gasteiger partial charge >= 0.3 is 5.97 Å². The first-order chi connectivity index (χ1) is 14.4. The Balaban J connectivity index is 1.74. The normalized spacial score (nSPS) is 22.6. The number of halogens is 1. The fourth-order valence-corrected chi connectivity index (χ4v) is 4.75. The Labute approximate surface area is 173 Å². The van der Waals surface area contributed by atoms with E-state index in [9.17, 15) is 14.7 Å². The second-order valence-corrected chi connectivity index (χ2v) is 8.23. The van der Waals surface area contributed by atoms with Gasteiger partial charge in [-0.25, -0.2) is 9.18 Å². The monoisotopic (exact) mass is 413 g/mol. The average Bonchev–Trinajstić information content (AvgIpc) is 3.17. The molecule has 1 aliphatic heterocycles. The third kappa shape index (κ3) is 3.43. The highest BCUT2D eigenvalue weighted by atomic mass is 19.1. The number of carboxylic acids is 1. The van der Waals surface area contributed by atoms with Crippen molar-refractivity contribution in [1.82, 2.24) is 9.88 Å². The zero-order chi connectivity index (χ0) is 21.4. The molecule has 2 heterocycles. The maximum atomic E-state index is 15.2. The summed E-state index contributed by atoms with van der Waals surface area (Å²) in [5.41, 5.74) is -0.0799. The van der Waals surface area contributed by atoms with Gasteiger partial charge in [0.05, 0.1) is 23.0 Å². The molecule has 30 heavy (non-hydrogen) atoms. The number of aromatic carboxylic acids is 1. The predicted octanol–water partition coefficient (Wildman–Crippen LogP) is 3.18. The van der Waals surface area contributed by atoms with Crippen LogP contribution in [0.5, 0.6) is 5.75 Å². The lowest BCUT2D eigenvalue weighted by atomic mass is 9.92. The van der Waals surface area contributed by atoms with Crippen LogP contribution >= 0.6 is 0 Å². The van der Waals surface area contributed by atoms with Crippen LogP contribution in [0.25, 0.3) is 10.9 Å². The summed E-state index contributed by atoms with van der Waals surface area (Å²) < 4.78 is 22.9. The van der Waals surface area contributed by atoms with E-state index in [2.05, 4.69) is 11.4 Å². The smallest absolute Gasteiger partial charge is 0.341 e. The van der Waals surface area contributed by atoms with Crippen LogP contribution in [0.2, 0.25) is 0 Å². The molecule has 4 rings (SSSR count). The van der Waals surface area contributed by atoms with E-state index in [-0.39, 0.29) is 29.5 Å². The van der Waals surface area contributed by atoms with Gasteiger partial charge in [-0.05, 0) is 50.6 Å². The predicted molar refractivity (Wildman–Crippen MR) is 109 cm³/mol. The van der Waals surface area contributed by atoms with E-state index in [0.717, 1.165) is 25.8 Å². The van der Waals surface area contributed by atoms with E-state index in [1.54, 1.807) is 4.57 Å². The summed E-state index contributed by atoms with van der Waals surface area (Å²) >= 11 is 0. The summed E-state index contributed by atoms with van der Waals surface area (Å²) in [5.74, 6) is -1.10. The molecule has 158 valence electrons. The third-order valence-corrected chi connectivity index (χ3v) is 6.23. The van der Waals surface area contributed by atoms with Gasteiger partial charge in [-0.15, -0.1) is 0 Å². The average molecular weight is 413 g/mol.